The minimum absolute atomic E-state index is 0.0339. The third-order valence-electron chi connectivity index (χ3n) is 2.84. The molecule has 0 fully saturated rings. The Kier molecular flexibility index (Phi) is 5.22. The maximum absolute atomic E-state index is 13.4. The van der Waals surface area contributed by atoms with Gasteiger partial charge < -0.3 is 10.4 Å². The van der Waals surface area contributed by atoms with Crippen molar-refractivity contribution in [3.05, 3.63) is 40.8 Å². The van der Waals surface area contributed by atoms with E-state index in [1.807, 2.05) is 0 Å². The quantitative estimate of drug-likeness (QED) is 0.810. The van der Waals surface area contributed by atoms with Crippen LogP contribution >= 0.6 is 11.6 Å². The molecule has 0 saturated carbocycles. The highest BCUT2D eigenvalue weighted by atomic mass is 35.5. The van der Waals surface area contributed by atoms with Crippen molar-refractivity contribution in [2.75, 3.05) is 13.2 Å². The van der Waals surface area contributed by atoms with E-state index in [4.69, 9.17) is 16.7 Å². The lowest BCUT2D eigenvalue weighted by atomic mass is 10.2. The SMILES string of the molecule is O=C(NCCCO)c1cnn(-c2ncccc2Cl)c1C(F)(F)F. The maximum Gasteiger partial charge on any atom is 0.434 e. The Hall–Kier alpha value is -2.13. The largest absolute Gasteiger partial charge is 0.434 e. The number of carbonyl (C=O) groups excluding carboxylic acids is 1. The second-order valence-corrected chi connectivity index (χ2v) is 4.87. The normalized spacial score (nSPS) is 11.5. The molecule has 0 saturated heterocycles. The van der Waals surface area contributed by atoms with E-state index < -0.39 is 23.3 Å². The van der Waals surface area contributed by atoms with E-state index >= 15 is 0 Å². The minimum Gasteiger partial charge on any atom is -0.396 e. The van der Waals surface area contributed by atoms with Gasteiger partial charge in [-0.05, 0) is 18.6 Å². The smallest absolute Gasteiger partial charge is 0.396 e. The predicted molar refractivity (Wildman–Crippen MR) is 75.4 cm³/mol. The van der Waals surface area contributed by atoms with Crippen LogP contribution in [-0.2, 0) is 6.18 Å². The Bertz CT molecular complexity index is 703. The highest BCUT2D eigenvalue weighted by molar-refractivity contribution is 6.32. The van der Waals surface area contributed by atoms with Gasteiger partial charge in [-0.15, -0.1) is 0 Å². The number of aliphatic hydroxyl groups is 1. The van der Waals surface area contributed by atoms with Gasteiger partial charge in [-0.2, -0.15) is 18.3 Å². The zero-order valence-corrected chi connectivity index (χ0v) is 12.4. The number of halogens is 4. The monoisotopic (exact) mass is 348 g/mol. The van der Waals surface area contributed by atoms with Gasteiger partial charge in [-0.3, -0.25) is 4.79 Å². The Labute approximate surface area is 133 Å². The molecule has 2 heterocycles. The van der Waals surface area contributed by atoms with Crippen LogP contribution in [0, 0.1) is 0 Å². The molecule has 0 spiro atoms. The van der Waals surface area contributed by atoms with Crippen LogP contribution in [-0.4, -0.2) is 38.9 Å². The van der Waals surface area contributed by atoms with E-state index in [2.05, 4.69) is 15.4 Å². The number of pyridine rings is 1. The van der Waals surface area contributed by atoms with Crippen molar-refractivity contribution in [3.8, 4) is 5.82 Å². The first-order valence-corrected chi connectivity index (χ1v) is 6.89. The number of hydrogen-bond donors (Lipinski definition) is 2. The van der Waals surface area contributed by atoms with Crippen LogP contribution in [0.15, 0.2) is 24.5 Å². The lowest BCUT2D eigenvalue weighted by Gasteiger charge is -2.12. The molecule has 2 aromatic rings. The van der Waals surface area contributed by atoms with Crippen LogP contribution in [0.4, 0.5) is 13.2 Å². The average molecular weight is 349 g/mol. The van der Waals surface area contributed by atoms with Crippen molar-refractivity contribution in [1.82, 2.24) is 20.1 Å². The number of rotatable bonds is 5. The Balaban J connectivity index is 2.46. The Morgan fingerprint density at radius 3 is 2.78 bits per heavy atom. The number of aromatic nitrogens is 3. The van der Waals surface area contributed by atoms with Crippen molar-refractivity contribution < 1.29 is 23.1 Å². The molecule has 0 radical (unpaired) electrons. The van der Waals surface area contributed by atoms with E-state index in [1.165, 1.54) is 18.3 Å². The minimum atomic E-state index is -4.83. The van der Waals surface area contributed by atoms with Gasteiger partial charge in [0, 0.05) is 19.3 Å². The Morgan fingerprint density at radius 2 is 2.17 bits per heavy atom. The fourth-order valence-corrected chi connectivity index (χ4v) is 2.06. The lowest BCUT2D eigenvalue weighted by molar-refractivity contribution is -0.143. The molecule has 0 aliphatic rings. The van der Waals surface area contributed by atoms with Crippen LogP contribution in [0.25, 0.3) is 5.82 Å². The second-order valence-electron chi connectivity index (χ2n) is 4.46. The van der Waals surface area contributed by atoms with E-state index in [1.54, 1.807) is 0 Å². The summed E-state index contributed by atoms with van der Waals surface area (Å²) in [6.45, 7) is -0.142. The molecule has 2 N–H and O–H groups in total. The van der Waals surface area contributed by atoms with Gasteiger partial charge in [-0.1, -0.05) is 11.6 Å². The maximum atomic E-state index is 13.4. The fraction of sp³-hybridized carbons (Fsp3) is 0.308. The van der Waals surface area contributed by atoms with E-state index in [0.29, 0.717) is 4.68 Å². The first-order chi connectivity index (χ1) is 10.9. The van der Waals surface area contributed by atoms with Gasteiger partial charge in [0.05, 0.1) is 16.8 Å². The van der Waals surface area contributed by atoms with Crippen LogP contribution in [0.3, 0.4) is 0 Å². The zero-order valence-electron chi connectivity index (χ0n) is 11.6. The third-order valence-corrected chi connectivity index (χ3v) is 3.14. The fourth-order valence-electron chi connectivity index (χ4n) is 1.86. The molecule has 0 bridgehead atoms. The topological polar surface area (TPSA) is 80.0 Å². The molecular weight excluding hydrogens is 337 g/mol. The number of aliphatic hydroxyl groups excluding tert-OH is 1. The van der Waals surface area contributed by atoms with Crippen molar-refractivity contribution >= 4 is 17.5 Å². The summed E-state index contributed by atoms with van der Waals surface area (Å²) in [6, 6.07) is 2.83. The van der Waals surface area contributed by atoms with Crippen LogP contribution in [0.5, 0.6) is 0 Å². The van der Waals surface area contributed by atoms with Gasteiger partial charge in [0.1, 0.15) is 0 Å². The molecule has 6 nitrogen and oxygen atoms in total. The van der Waals surface area contributed by atoms with Gasteiger partial charge >= 0.3 is 6.18 Å². The molecule has 0 aliphatic heterocycles. The molecule has 0 aromatic carbocycles. The number of nitrogens with one attached hydrogen (secondary N) is 1. The number of amides is 1. The van der Waals surface area contributed by atoms with Crippen molar-refractivity contribution in [1.29, 1.82) is 0 Å². The van der Waals surface area contributed by atoms with Gasteiger partial charge in [-0.25, -0.2) is 9.67 Å². The summed E-state index contributed by atoms with van der Waals surface area (Å²) in [4.78, 5) is 15.7. The van der Waals surface area contributed by atoms with Crippen LogP contribution < -0.4 is 5.32 Å². The summed E-state index contributed by atoms with van der Waals surface area (Å²) >= 11 is 5.85. The van der Waals surface area contributed by atoms with Crippen molar-refractivity contribution in [2.45, 2.75) is 12.6 Å². The zero-order chi connectivity index (χ0) is 17.0. The van der Waals surface area contributed by atoms with Crippen LogP contribution in [0.1, 0.15) is 22.5 Å². The molecule has 1 amide bonds. The number of nitrogens with zero attached hydrogens (tertiary/aromatic N) is 3. The summed E-state index contributed by atoms with van der Waals surface area (Å²) < 4.78 is 40.6. The van der Waals surface area contributed by atoms with Gasteiger partial charge in [0.15, 0.2) is 11.5 Å². The molecule has 0 unspecified atom stereocenters. The highest BCUT2D eigenvalue weighted by Gasteiger charge is 2.41. The lowest BCUT2D eigenvalue weighted by Crippen LogP contribution is -2.28. The molecule has 2 aromatic heterocycles. The first kappa shape index (κ1) is 17.2. The average Bonchev–Trinajstić information content (AvgIpc) is 2.93. The summed E-state index contributed by atoms with van der Waals surface area (Å²) in [6.07, 6.45) is -2.53. The molecule has 0 aliphatic carbocycles. The summed E-state index contributed by atoms with van der Waals surface area (Å²) in [5, 5.41) is 14.5. The van der Waals surface area contributed by atoms with Crippen LogP contribution in [0.2, 0.25) is 5.02 Å². The summed E-state index contributed by atoms with van der Waals surface area (Å²) in [5.41, 5.74) is -1.91. The van der Waals surface area contributed by atoms with Crippen molar-refractivity contribution in [2.24, 2.45) is 0 Å². The van der Waals surface area contributed by atoms with E-state index in [9.17, 15) is 18.0 Å². The standard InChI is InChI=1S/C13H12ClF3N4O2/c14-9-3-1-4-18-11(9)21-10(13(15,16)17)8(7-20-21)12(23)19-5-2-6-22/h1,3-4,7,22H,2,5-6H2,(H,19,23). The summed E-state index contributed by atoms with van der Waals surface area (Å²) in [5.74, 6) is -1.17. The van der Waals surface area contributed by atoms with Gasteiger partial charge in [0.2, 0.25) is 0 Å². The van der Waals surface area contributed by atoms with E-state index in [0.717, 1.165) is 6.20 Å². The van der Waals surface area contributed by atoms with Crippen molar-refractivity contribution in [3.63, 3.8) is 0 Å². The highest BCUT2D eigenvalue weighted by Crippen LogP contribution is 2.34. The first-order valence-electron chi connectivity index (χ1n) is 6.51. The third kappa shape index (κ3) is 3.80. The number of hydrogen-bond acceptors (Lipinski definition) is 4. The van der Waals surface area contributed by atoms with Gasteiger partial charge in [0.25, 0.3) is 5.91 Å². The molecule has 124 valence electrons. The number of alkyl halides is 3. The van der Waals surface area contributed by atoms with E-state index in [-0.39, 0.29) is 30.4 Å². The predicted octanol–water partition coefficient (Wildman–Crippen LogP) is 2.05. The summed E-state index contributed by atoms with van der Waals surface area (Å²) in [7, 11) is 0. The molecule has 10 heteroatoms. The molecule has 23 heavy (non-hydrogen) atoms. The Morgan fingerprint density at radius 1 is 1.43 bits per heavy atom. The molecule has 2 rings (SSSR count). The second kappa shape index (κ2) is 6.97. The number of carbonyl (C=O) groups is 1. The molecule has 0 atom stereocenters. The molecular formula is C13H12ClF3N4O2.